The molecule has 0 radical (unpaired) electrons. The highest BCUT2D eigenvalue weighted by atomic mass is 16.7. The predicted octanol–water partition coefficient (Wildman–Crippen LogP) is 3.39. The van der Waals surface area contributed by atoms with Gasteiger partial charge in [-0.3, -0.25) is 4.98 Å². The van der Waals surface area contributed by atoms with Gasteiger partial charge < -0.3 is 14.0 Å². The third-order valence-electron chi connectivity index (χ3n) is 5.62. The van der Waals surface area contributed by atoms with E-state index >= 15 is 0 Å². The topological polar surface area (TPSA) is 40.6 Å². The summed E-state index contributed by atoms with van der Waals surface area (Å²) in [5.74, 6) is 0. The molecule has 1 aromatic heterocycles. The lowest BCUT2D eigenvalue weighted by Crippen LogP contribution is -2.41. The lowest BCUT2D eigenvalue weighted by atomic mass is 9.78. The largest absolute Gasteiger partial charge is 0.494 e. The third-order valence-corrected chi connectivity index (χ3v) is 5.62. The van der Waals surface area contributed by atoms with Gasteiger partial charge in [0.05, 0.1) is 17.3 Å². The van der Waals surface area contributed by atoms with Gasteiger partial charge in [-0.05, 0) is 51.4 Å². The Labute approximate surface area is 143 Å². The summed E-state index contributed by atoms with van der Waals surface area (Å²) in [6, 6.07) is 6.35. The van der Waals surface area contributed by atoms with Gasteiger partial charge in [-0.25, -0.2) is 0 Å². The van der Waals surface area contributed by atoms with Gasteiger partial charge in [0.25, 0.3) is 0 Å². The summed E-state index contributed by atoms with van der Waals surface area (Å²) in [4.78, 5) is 4.39. The maximum Gasteiger partial charge on any atom is 0.494 e. The summed E-state index contributed by atoms with van der Waals surface area (Å²) >= 11 is 0. The number of fused-ring (bicyclic) bond motifs is 1. The van der Waals surface area contributed by atoms with Crippen LogP contribution in [0.25, 0.3) is 10.8 Å². The van der Waals surface area contributed by atoms with Crippen LogP contribution in [-0.4, -0.2) is 29.9 Å². The number of hydrogen-bond donors (Lipinski definition) is 0. The van der Waals surface area contributed by atoms with Crippen LogP contribution in [0.1, 0.15) is 52.2 Å². The quantitative estimate of drug-likeness (QED) is 0.794. The Hall–Kier alpha value is -1.43. The van der Waals surface area contributed by atoms with E-state index < -0.39 is 0 Å². The third kappa shape index (κ3) is 2.55. The van der Waals surface area contributed by atoms with E-state index in [1.165, 1.54) is 10.9 Å². The van der Waals surface area contributed by atoms with E-state index in [1.54, 1.807) is 0 Å². The van der Waals surface area contributed by atoms with Crippen molar-refractivity contribution < 1.29 is 14.0 Å². The Morgan fingerprint density at radius 3 is 2.50 bits per heavy atom. The van der Waals surface area contributed by atoms with Gasteiger partial charge in [-0.2, -0.15) is 0 Å². The molecule has 0 amide bonds. The van der Waals surface area contributed by atoms with Crippen molar-refractivity contribution >= 4 is 23.4 Å². The fourth-order valence-corrected chi connectivity index (χ4v) is 3.41. The Morgan fingerprint density at radius 2 is 1.83 bits per heavy atom. The first-order valence-corrected chi connectivity index (χ1v) is 8.72. The second-order valence-electron chi connectivity index (χ2n) is 7.80. The number of nitrogens with zero attached hydrogens (tertiary/aromatic N) is 1. The van der Waals surface area contributed by atoms with Crippen molar-refractivity contribution in [2.75, 3.05) is 6.61 Å². The Morgan fingerprint density at radius 1 is 1.08 bits per heavy atom. The molecule has 0 aliphatic carbocycles. The number of rotatable bonds is 2. The molecule has 4 nitrogen and oxygen atoms in total. The SMILES string of the molecule is CC1(C)OB(c2ccc3cncc(C4CCCO4)c3c2)OC1(C)C. The van der Waals surface area contributed by atoms with Crippen molar-refractivity contribution in [1.29, 1.82) is 0 Å². The van der Waals surface area contributed by atoms with Crippen LogP contribution in [0.4, 0.5) is 0 Å². The first-order valence-electron chi connectivity index (χ1n) is 8.72. The van der Waals surface area contributed by atoms with Crippen molar-refractivity contribution in [3.63, 3.8) is 0 Å². The number of ether oxygens (including phenoxy) is 1. The molecule has 0 spiro atoms. The number of hydrogen-bond acceptors (Lipinski definition) is 4. The highest BCUT2D eigenvalue weighted by molar-refractivity contribution is 6.62. The molecule has 0 N–H and O–H groups in total. The molecule has 1 atom stereocenters. The molecule has 24 heavy (non-hydrogen) atoms. The average Bonchev–Trinajstić information content (AvgIpc) is 3.13. The van der Waals surface area contributed by atoms with Gasteiger partial charge in [0, 0.05) is 30.0 Å². The molecule has 2 fully saturated rings. The van der Waals surface area contributed by atoms with Crippen LogP contribution in [0, 0.1) is 0 Å². The van der Waals surface area contributed by atoms with Gasteiger partial charge in [-0.15, -0.1) is 0 Å². The Balaban J connectivity index is 1.74. The molecule has 0 saturated carbocycles. The maximum absolute atomic E-state index is 6.20. The van der Waals surface area contributed by atoms with Crippen LogP contribution in [0.5, 0.6) is 0 Å². The zero-order chi connectivity index (χ0) is 16.9. The molecule has 0 bridgehead atoms. The van der Waals surface area contributed by atoms with Crippen LogP contribution in [0.3, 0.4) is 0 Å². The van der Waals surface area contributed by atoms with E-state index in [-0.39, 0.29) is 24.4 Å². The van der Waals surface area contributed by atoms with Crippen LogP contribution in [0.2, 0.25) is 0 Å². The molecule has 126 valence electrons. The van der Waals surface area contributed by atoms with Crippen molar-refractivity contribution in [2.24, 2.45) is 0 Å². The normalized spacial score (nSPS) is 25.5. The highest BCUT2D eigenvalue weighted by Gasteiger charge is 2.51. The average molecular weight is 325 g/mol. The van der Waals surface area contributed by atoms with Gasteiger partial charge >= 0.3 is 7.12 Å². The van der Waals surface area contributed by atoms with E-state index in [2.05, 4.69) is 50.9 Å². The molecule has 1 unspecified atom stereocenters. The van der Waals surface area contributed by atoms with E-state index in [0.29, 0.717) is 0 Å². The van der Waals surface area contributed by atoms with Crippen molar-refractivity contribution in [3.05, 3.63) is 36.2 Å². The minimum Gasteiger partial charge on any atom is -0.399 e. The lowest BCUT2D eigenvalue weighted by Gasteiger charge is -2.32. The first kappa shape index (κ1) is 16.1. The molecule has 3 heterocycles. The number of benzene rings is 1. The summed E-state index contributed by atoms with van der Waals surface area (Å²) < 4.78 is 18.3. The minimum absolute atomic E-state index is 0.148. The molecule has 2 aliphatic heterocycles. The number of pyridine rings is 1. The molecule has 4 rings (SSSR count). The molecule has 5 heteroatoms. The Bertz CT molecular complexity index is 752. The molecule has 2 aromatic rings. The van der Waals surface area contributed by atoms with Crippen LogP contribution >= 0.6 is 0 Å². The van der Waals surface area contributed by atoms with Gasteiger partial charge in [-0.1, -0.05) is 18.2 Å². The monoisotopic (exact) mass is 325 g/mol. The van der Waals surface area contributed by atoms with E-state index in [0.717, 1.165) is 30.3 Å². The lowest BCUT2D eigenvalue weighted by molar-refractivity contribution is 0.00578. The van der Waals surface area contributed by atoms with Crippen molar-refractivity contribution in [3.8, 4) is 0 Å². The molecular weight excluding hydrogens is 301 g/mol. The van der Waals surface area contributed by atoms with E-state index in [1.807, 2.05) is 12.4 Å². The Kier molecular flexibility index (Phi) is 3.71. The van der Waals surface area contributed by atoms with Crippen molar-refractivity contribution in [1.82, 2.24) is 4.98 Å². The maximum atomic E-state index is 6.20. The number of aromatic nitrogens is 1. The standard InChI is InChI=1S/C19H24BNO3/c1-18(2)19(3,4)24-20(23-18)14-8-7-13-11-21-12-16(15(13)10-14)17-6-5-9-22-17/h7-8,10-12,17H,5-6,9H2,1-4H3. The zero-order valence-corrected chi connectivity index (χ0v) is 14.8. The minimum atomic E-state index is -0.343. The summed E-state index contributed by atoms with van der Waals surface area (Å²) in [6.45, 7) is 9.15. The molecule has 1 aromatic carbocycles. The second kappa shape index (κ2) is 5.55. The molecule has 2 saturated heterocycles. The zero-order valence-electron chi connectivity index (χ0n) is 14.8. The summed E-state index contributed by atoms with van der Waals surface area (Å²) in [6.07, 6.45) is 6.16. The fraction of sp³-hybridized carbons (Fsp3) is 0.526. The summed E-state index contributed by atoms with van der Waals surface area (Å²) in [5.41, 5.74) is 1.56. The van der Waals surface area contributed by atoms with Crippen LogP contribution < -0.4 is 5.46 Å². The summed E-state index contributed by atoms with van der Waals surface area (Å²) in [7, 11) is -0.343. The van der Waals surface area contributed by atoms with Gasteiger partial charge in [0.1, 0.15) is 0 Å². The first-order chi connectivity index (χ1) is 11.4. The second-order valence-corrected chi connectivity index (χ2v) is 7.80. The highest BCUT2D eigenvalue weighted by Crippen LogP contribution is 2.37. The molecular formula is C19H24BNO3. The van der Waals surface area contributed by atoms with Crippen LogP contribution in [-0.2, 0) is 14.0 Å². The predicted molar refractivity (Wildman–Crippen MR) is 95.4 cm³/mol. The van der Waals surface area contributed by atoms with Crippen LogP contribution in [0.15, 0.2) is 30.6 Å². The fourth-order valence-electron chi connectivity index (χ4n) is 3.41. The summed E-state index contributed by atoms with van der Waals surface area (Å²) in [5, 5.41) is 2.31. The van der Waals surface area contributed by atoms with E-state index in [9.17, 15) is 0 Å². The van der Waals surface area contributed by atoms with Gasteiger partial charge in [0.2, 0.25) is 0 Å². The van der Waals surface area contributed by atoms with Crippen molar-refractivity contribution in [2.45, 2.75) is 57.8 Å². The van der Waals surface area contributed by atoms with Gasteiger partial charge in [0.15, 0.2) is 0 Å². The molecule has 2 aliphatic rings. The van der Waals surface area contributed by atoms with E-state index in [4.69, 9.17) is 14.0 Å². The smallest absolute Gasteiger partial charge is 0.399 e.